The molecule has 82 valence electrons. The van der Waals surface area contributed by atoms with Crippen LogP contribution in [0.5, 0.6) is 0 Å². The van der Waals surface area contributed by atoms with E-state index in [1.54, 1.807) is 20.8 Å². The van der Waals surface area contributed by atoms with Crippen molar-refractivity contribution in [1.82, 2.24) is 0 Å². The van der Waals surface area contributed by atoms with Crippen LogP contribution in [0.4, 0.5) is 0 Å². The zero-order valence-electron chi connectivity index (χ0n) is 9.29. The minimum Gasteiger partial charge on any atom is -0.394 e. The summed E-state index contributed by atoms with van der Waals surface area (Å²) >= 11 is 0. The molecule has 0 saturated carbocycles. The molecular weight excluding hydrogens is 168 g/mol. The van der Waals surface area contributed by atoms with Gasteiger partial charge in [-0.3, -0.25) is 0 Å². The molecule has 0 aliphatic carbocycles. The summed E-state index contributed by atoms with van der Waals surface area (Å²) in [7, 11) is 0. The summed E-state index contributed by atoms with van der Waals surface area (Å²) < 4.78 is 5.09. The maximum absolute atomic E-state index is 8.73. The van der Waals surface area contributed by atoms with Crippen LogP contribution in [-0.4, -0.2) is 35.6 Å². The van der Waals surface area contributed by atoms with Crippen LogP contribution in [-0.2, 0) is 4.74 Å². The van der Waals surface area contributed by atoms with Crippen LogP contribution in [0, 0.1) is 0 Å². The average Bonchev–Trinajstić information content (AvgIpc) is 1.97. The molecule has 0 aliphatic rings. The summed E-state index contributed by atoms with van der Waals surface area (Å²) in [6.45, 7) is 8.54. The van der Waals surface area contributed by atoms with E-state index in [0.717, 1.165) is 19.4 Å². The van der Waals surface area contributed by atoms with Crippen molar-refractivity contribution >= 4 is 0 Å². The standard InChI is InChI=1S/C7H16O2.C3H8O/c1-3-4-5-9-6-7(2)8;1-3(2)4/h7-8H,3-6H2,1-2H3;3-4H,1-2H3. The largest absolute Gasteiger partial charge is 0.394 e. The molecule has 0 aromatic heterocycles. The third-order valence-corrected chi connectivity index (χ3v) is 1.00. The first-order chi connectivity index (χ1) is 6.00. The van der Waals surface area contributed by atoms with E-state index in [1.165, 1.54) is 0 Å². The fourth-order valence-electron chi connectivity index (χ4n) is 0.500. The Balaban J connectivity index is 0. The molecule has 2 N–H and O–H groups in total. The normalized spacial score (nSPS) is 12.2. The third kappa shape index (κ3) is 33.5. The fraction of sp³-hybridized carbons (Fsp3) is 1.00. The van der Waals surface area contributed by atoms with Gasteiger partial charge in [0, 0.05) is 12.7 Å². The van der Waals surface area contributed by atoms with Crippen molar-refractivity contribution in [2.24, 2.45) is 0 Å². The predicted octanol–water partition coefficient (Wildman–Crippen LogP) is 1.57. The van der Waals surface area contributed by atoms with Gasteiger partial charge in [-0.25, -0.2) is 0 Å². The van der Waals surface area contributed by atoms with Crippen LogP contribution in [0.1, 0.15) is 40.5 Å². The lowest BCUT2D eigenvalue weighted by Gasteiger charge is -2.03. The zero-order chi connectivity index (χ0) is 10.7. The van der Waals surface area contributed by atoms with E-state index in [1.807, 2.05) is 0 Å². The second-order valence-corrected chi connectivity index (χ2v) is 3.37. The first kappa shape index (κ1) is 15.4. The molecule has 0 spiro atoms. The summed E-state index contributed by atoms with van der Waals surface area (Å²) in [6.07, 6.45) is 1.76. The van der Waals surface area contributed by atoms with Crippen LogP contribution < -0.4 is 0 Å². The Morgan fingerprint density at radius 3 is 1.92 bits per heavy atom. The lowest BCUT2D eigenvalue weighted by Crippen LogP contribution is -2.10. The van der Waals surface area contributed by atoms with Gasteiger partial charge in [-0.2, -0.15) is 0 Å². The highest BCUT2D eigenvalue weighted by Gasteiger charge is 1.92. The summed E-state index contributed by atoms with van der Waals surface area (Å²) in [5.41, 5.74) is 0. The van der Waals surface area contributed by atoms with Gasteiger partial charge in [-0.15, -0.1) is 0 Å². The Kier molecular flexibility index (Phi) is 14.0. The van der Waals surface area contributed by atoms with Gasteiger partial charge in [0.15, 0.2) is 0 Å². The van der Waals surface area contributed by atoms with Crippen molar-refractivity contribution in [3.8, 4) is 0 Å². The number of hydrogen-bond donors (Lipinski definition) is 2. The van der Waals surface area contributed by atoms with Gasteiger partial charge in [0.2, 0.25) is 0 Å². The van der Waals surface area contributed by atoms with E-state index in [2.05, 4.69) is 6.92 Å². The molecule has 3 nitrogen and oxygen atoms in total. The topological polar surface area (TPSA) is 49.7 Å². The van der Waals surface area contributed by atoms with Crippen molar-refractivity contribution in [2.75, 3.05) is 13.2 Å². The lowest BCUT2D eigenvalue weighted by atomic mass is 10.4. The second-order valence-electron chi connectivity index (χ2n) is 3.37. The van der Waals surface area contributed by atoms with Crippen LogP contribution in [0.3, 0.4) is 0 Å². The second kappa shape index (κ2) is 11.9. The van der Waals surface area contributed by atoms with Crippen LogP contribution in [0.15, 0.2) is 0 Å². The van der Waals surface area contributed by atoms with Crippen molar-refractivity contribution in [1.29, 1.82) is 0 Å². The molecule has 0 amide bonds. The molecule has 13 heavy (non-hydrogen) atoms. The van der Waals surface area contributed by atoms with Crippen molar-refractivity contribution in [3.63, 3.8) is 0 Å². The fourth-order valence-corrected chi connectivity index (χ4v) is 0.500. The molecule has 0 aromatic rings. The highest BCUT2D eigenvalue weighted by atomic mass is 16.5. The maximum atomic E-state index is 8.73. The molecule has 0 saturated heterocycles. The number of aliphatic hydroxyl groups is 2. The molecule has 0 fully saturated rings. The van der Waals surface area contributed by atoms with Gasteiger partial charge in [0.25, 0.3) is 0 Å². The van der Waals surface area contributed by atoms with Gasteiger partial charge < -0.3 is 14.9 Å². The Bertz CT molecular complexity index is 79.5. The first-order valence-corrected chi connectivity index (χ1v) is 4.94. The quantitative estimate of drug-likeness (QED) is 0.650. The predicted molar refractivity (Wildman–Crippen MR) is 54.8 cm³/mol. The summed E-state index contributed by atoms with van der Waals surface area (Å²) in [4.78, 5) is 0. The Labute approximate surface area is 81.7 Å². The van der Waals surface area contributed by atoms with Gasteiger partial charge in [0.1, 0.15) is 0 Å². The van der Waals surface area contributed by atoms with Crippen LogP contribution in [0.25, 0.3) is 0 Å². The zero-order valence-corrected chi connectivity index (χ0v) is 9.29. The molecule has 1 unspecified atom stereocenters. The maximum Gasteiger partial charge on any atom is 0.0745 e. The molecule has 0 heterocycles. The third-order valence-electron chi connectivity index (χ3n) is 1.00. The van der Waals surface area contributed by atoms with Crippen molar-refractivity contribution in [2.45, 2.75) is 52.7 Å². The van der Waals surface area contributed by atoms with E-state index in [0.29, 0.717) is 6.61 Å². The highest BCUT2D eigenvalue weighted by Crippen LogP contribution is 1.89. The molecule has 0 aromatic carbocycles. The molecule has 0 bridgehead atoms. The van der Waals surface area contributed by atoms with E-state index in [9.17, 15) is 0 Å². The van der Waals surface area contributed by atoms with E-state index in [4.69, 9.17) is 14.9 Å². The highest BCUT2D eigenvalue weighted by molar-refractivity contribution is 4.40. The first-order valence-electron chi connectivity index (χ1n) is 4.94. The molecule has 0 aliphatic heterocycles. The molecular formula is C10H24O3. The number of ether oxygens (including phenoxy) is 1. The molecule has 0 rings (SSSR count). The Morgan fingerprint density at radius 1 is 1.15 bits per heavy atom. The number of aliphatic hydroxyl groups excluding tert-OH is 2. The minimum atomic E-state index is -0.318. The summed E-state index contributed by atoms with van der Waals surface area (Å²) in [5, 5.41) is 16.8. The molecule has 3 heteroatoms. The van der Waals surface area contributed by atoms with E-state index < -0.39 is 0 Å². The molecule has 1 atom stereocenters. The summed E-state index contributed by atoms with van der Waals surface area (Å²) in [5.74, 6) is 0. The number of unbranched alkanes of at least 4 members (excludes halogenated alkanes) is 1. The molecule has 0 radical (unpaired) electrons. The number of hydrogen-bond acceptors (Lipinski definition) is 3. The smallest absolute Gasteiger partial charge is 0.0745 e. The van der Waals surface area contributed by atoms with Gasteiger partial charge in [-0.05, 0) is 27.2 Å². The minimum absolute atomic E-state index is 0.167. The van der Waals surface area contributed by atoms with Crippen LogP contribution >= 0.6 is 0 Å². The van der Waals surface area contributed by atoms with E-state index in [-0.39, 0.29) is 12.2 Å². The van der Waals surface area contributed by atoms with Gasteiger partial charge in [-0.1, -0.05) is 13.3 Å². The Hall–Kier alpha value is -0.120. The number of rotatable bonds is 5. The Morgan fingerprint density at radius 2 is 1.62 bits per heavy atom. The van der Waals surface area contributed by atoms with Crippen molar-refractivity contribution < 1.29 is 14.9 Å². The summed E-state index contributed by atoms with van der Waals surface area (Å²) in [6, 6.07) is 0. The van der Waals surface area contributed by atoms with E-state index >= 15 is 0 Å². The van der Waals surface area contributed by atoms with Gasteiger partial charge >= 0.3 is 0 Å². The monoisotopic (exact) mass is 192 g/mol. The lowest BCUT2D eigenvalue weighted by molar-refractivity contribution is 0.0450. The van der Waals surface area contributed by atoms with Gasteiger partial charge in [0.05, 0.1) is 12.7 Å². The van der Waals surface area contributed by atoms with Crippen molar-refractivity contribution in [3.05, 3.63) is 0 Å². The SMILES string of the molecule is CC(C)O.CCCCOCC(C)O. The van der Waals surface area contributed by atoms with Crippen LogP contribution in [0.2, 0.25) is 0 Å². The average molecular weight is 192 g/mol.